The molecule has 1 heterocycles. The summed E-state index contributed by atoms with van der Waals surface area (Å²) in [6, 6.07) is 1.42. The first-order valence-electron chi connectivity index (χ1n) is 8.41. The van der Waals surface area contributed by atoms with E-state index in [1.807, 2.05) is 0 Å². The van der Waals surface area contributed by atoms with Gasteiger partial charge in [0, 0.05) is 31.7 Å². The van der Waals surface area contributed by atoms with Crippen LogP contribution < -0.4 is 5.73 Å². The van der Waals surface area contributed by atoms with Crippen molar-refractivity contribution in [3.63, 3.8) is 0 Å². The number of nitrogens with two attached hydrogens (primary N) is 1. The Kier molecular flexibility index (Phi) is 4.32. The van der Waals surface area contributed by atoms with Crippen LogP contribution in [0.1, 0.15) is 64.2 Å². The van der Waals surface area contributed by atoms with Gasteiger partial charge >= 0.3 is 0 Å². The van der Waals surface area contributed by atoms with Crippen molar-refractivity contribution in [1.82, 2.24) is 4.90 Å². The van der Waals surface area contributed by atoms with Crippen molar-refractivity contribution in [3.05, 3.63) is 0 Å². The van der Waals surface area contributed by atoms with Crippen molar-refractivity contribution < 1.29 is 4.74 Å². The van der Waals surface area contributed by atoms with Gasteiger partial charge in [0.05, 0.1) is 11.4 Å². The van der Waals surface area contributed by atoms with E-state index in [-0.39, 0.29) is 5.60 Å². The van der Waals surface area contributed by atoms with Crippen LogP contribution in [0.3, 0.4) is 0 Å². The molecule has 0 bridgehead atoms. The summed E-state index contributed by atoms with van der Waals surface area (Å²) in [4.78, 5) is 2.65. The summed E-state index contributed by atoms with van der Waals surface area (Å²) in [6.07, 6.45) is 12.3. The molecule has 3 fully saturated rings. The molecule has 1 saturated heterocycles. The van der Waals surface area contributed by atoms with Crippen LogP contribution in [-0.2, 0) is 4.74 Å². The van der Waals surface area contributed by atoms with Gasteiger partial charge in [0.1, 0.15) is 0 Å². The Balaban J connectivity index is 1.62. The maximum absolute atomic E-state index is 7.48. The van der Waals surface area contributed by atoms with Crippen LogP contribution in [0.15, 0.2) is 0 Å². The molecule has 1 unspecified atom stereocenters. The molecule has 0 aromatic carbocycles. The molecule has 114 valence electrons. The van der Waals surface area contributed by atoms with Crippen molar-refractivity contribution in [1.29, 1.82) is 5.41 Å². The molecule has 4 nitrogen and oxygen atoms in total. The third-order valence-electron chi connectivity index (χ3n) is 5.36. The van der Waals surface area contributed by atoms with Crippen molar-refractivity contribution in [3.8, 4) is 0 Å². The van der Waals surface area contributed by atoms with Crippen molar-refractivity contribution in [2.75, 3.05) is 13.2 Å². The minimum absolute atomic E-state index is 0.185. The van der Waals surface area contributed by atoms with Gasteiger partial charge in [-0.25, -0.2) is 0 Å². The average molecular weight is 279 g/mol. The summed E-state index contributed by atoms with van der Waals surface area (Å²) in [5, 5.41) is 7.48. The fraction of sp³-hybridized carbons (Fsp3) is 0.938. The van der Waals surface area contributed by atoms with Crippen molar-refractivity contribution >= 4 is 5.84 Å². The van der Waals surface area contributed by atoms with E-state index in [4.69, 9.17) is 15.9 Å². The second-order valence-corrected chi connectivity index (χ2v) is 6.98. The van der Waals surface area contributed by atoms with Crippen LogP contribution in [0.4, 0.5) is 0 Å². The molecule has 3 aliphatic rings. The van der Waals surface area contributed by atoms with Crippen LogP contribution in [0.25, 0.3) is 0 Å². The first-order chi connectivity index (χ1) is 9.69. The summed E-state index contributed by atoms with van der Waals surface area (Å²) in [6.45, 7) is 1.90. The van der Waals surface area contributed by atoms with Crippen LogP contribution in [0.2, 0.25) is 0 Å². The van der Waals surface area contributed by atoms with Gasteiger partial charge in [0.25, 0.3) is 0 Å². The van der Waals surface area contributed by atoms with Gasteiger partial charge in [0.15, 0.2) is 0 Å². The quantitative estimate of drug-likeness (QED) is 0.601. The highest BCUT2D eigenvalue weighted by molar-refractivity contribution is 5.76. The largest absolute Gasteiger partial charge is 0.388 e. The highest BCUT2D eigenvalue weighted by Gasteiger charge is 2.43. The second-order valence-electron chi connectivity index (χ2n) is 6.98. The number of rotatable bonds is 5. The number of amidine groups is 1. The number of nitrogens with zero attached hydrogens (tertiary/aromatic N) is 1. The zero-order valence-electron chi connectivity index (χ0n) is 12.6. The first kappa shape index (κ1) is 14.3. The lowest BCUT2D eigenvalue weighted by molar-refractivity contribution is -0.125. The first-order valence-corrected chi connectivity index (χ1v) is 8.41. The third kappa shape index (κ3) is 3.34. The number of hydrogen-bond acceptors (Lipinski definition) is 3. The monoisotopic (exact) mass is 279 g/mol. The number of nitrogens with one attached hydrogen (secondary N) is 1. The fourth-order valence-corrected chi connectivity index (χ4v) is 4.15. The maximum atomic E-state index is 7.48. The Morgan fingerprint density at radius 1 is 1.15 bits per heavy atom. The highest BCUT2D eigenvalue weighted by Crippen LogP contribution is 2.42. The molecule has 0 aromatic rings. The second kappa shape index (κ2) is 6.02. The zero-order chi connectivity index (χ0) is 14.0. The van der Waals surface area contributed by atoms with Crippen LogP contribution >= 0.6 is 0 Å². The summed E-state index contributed by atoms with van der Waals surface area (Å²) < 4.78 is 6.22. The predicted molar refractivity (Wildman–Crippen MR) is 81.0 cm³/mol. The number of hydrogen-bond donors (Lipinski definition) is 2. The SMILES string of the molecule is N=C(N)CCN(C1CC1)C1CCOC2(CCCCC2)C1. The summed E-state index contributed by atoms with van der Waals surface area (Å²) in [5.74, 6) is 0.329. The summed E-state index contributed by atoms with van der Waals surface area (Å²) in [5.41, 5.74) is 5.74. The molecule has 2 saturated carbocycles. The van der Waals surface area contributed by atoms with Gasteiger partial charge in [-0.3, -0.25) is 10.3 Å². The van der Waals surface area contributed by atoms with Crippen LogP contribution in [0.5, 0.6) is 0 Å². The predicted octanol–water partition coefficient (Wildman–Crippen LogP) is 2.66. The summed E-state index contributed by atoms with van der Waals surface area (Å²) >= 11 is 0. The normalized spacial score (nSPS) is 29.8. The molecular weight excluding hydrogens is 250 g/mol. The number of ether oxygens (including phenoxy) is 1. The van der Waals surface area contributed by atoms with E-state index in [2.05, 4.69) is 4.90 Å². The van der Waals surface area contributed by atoms with Crippen LogP contribution in [0, 0.1) is 5.41 Å². The third-order valence-corrected chi connectivity index (χ3v) is 5.36. The minimum atomic E-state index is 0.185. The van der Waals surface area contributed by atoms with Crippen molar-refractivity contribution in [2.45, 2.75) is 81.9 Å². The fourth-order valence-electron chi connectivity index (χ4n) is 4.15. The van der Waals surface area contributed by atoms with E-state index in [1.54, 1.807) is 0 Å². The van der Waals surface area contributed by atoms with E-state index in [0.29, 0.717) is 11.9 Å². The molecule has 1 spiro atoms. The van der Waals surface area contributed by atoms with E-state index < -0.39 is 0 Å². The standard InChI is InChI=1S/C16H29N3O/c17-15(18)6-10-19(13-4-5-13)14-7-11-20-16(12-14)8-2-1-3-9-16/h13-14H,1-12H2,(H3,17,18). The zero-order valence-corrected chi connectivity index (χ0v) is 12.6. The van der Waals surface area contributed by atoms with Gasteiger partial charge in [-0.15, -0.1) is 0 Å². The van der Waals surface area contributed by atoms with E-state index >= 15 is 0 Å². The molecule has 0 radical (unpaired) electrons. The molecule has 3 N–H and O–H groups in total. The van der Waals surface area contributed by atoms with E-state index in [9.17, 15) is 0 Å². The lowest BCUT2D eigenvalue weighted by Gasteiger charge is -2.46. The molecule has 2 aliphatic carbocycles. The van der Waals surface area contributed by atoms with Gasteiger partial charge in [-0.2, -0.15) is 0 Å². The molecule has 20 heavy (non-hydrogen) atoms. The average Bonchev–Trinajstić information content (AvgIpc) is 3.24. The smallest absolute Gasteiger partial charge is 0.0918 e. The lowest BCUT2D eigenvalue weighted by Crippen LogP contribution is -2.50. The van der Waals surface area contributed by atoms with Crippen molar-refractivity contribution in [2.24, 2.45) is 5.73 Å². The van der Waals surface area contributed by atoms with Crippen LogP contribution in [-0.4, -0.2) is 41.6 Å². The van der Waals surface area contributed by atoms with Gasteiger partial charge in [0.2, 0.25) is 0 Å². The Morgan fingerprint density at radius 2 is 1.90 bits per heavy atom. The van der Waals surface area contributed by atoms with E-state index in [1.165, 1.54) is 51.4 Å². The Labute approximate surface area is 122 Å². The Morgan fingerprint density at radius 3 is 2.55 bits per heavy atom. The van der Waals surface area contributed by atoms with Gasteiger partial charge < -0.3 is 10.5 Å². The molecular formula is C16H29N3O. The molecule has 4 heteroatoms. The lowest BCUT2D eigenvalue weighted by atomic mass is 9.78. The molecule has 3 rings (SSSR count). The van der Waals surface area contributed by atoms with Gasteiger partial charge in [-0.05, 0) is 38.5 Å². The molecule has 1 atom stereocenters. The summed E-state index contributed by atoms with van der Waals surface area (Å²) in [7, 11) is 0. The van der Waals surface area contributed by atoms with E-state index in [0.717, 1.165) is 32.0 Å². The topological polar surface area (TPSA) is 62.3 Å². The van der Waals surface area contributed by atoms with Gasteiger partial charge in [-0.1, -0.05) is 19.3 Å². The maximum Gasteiger partial charge on any atom is 0.0918 e. The molecule has 1 aliphatic heterocycles. The Hall–Kier alpha value is -0.610. The highest BCUT2D eigenvalue weighted by atomic mass is 16.5. The minimum Gasteiger partial charge on any atom is -0.388 e. The molecule has 0 aromatic heterocycles. The Bertz CT molecular complexity index is 342. The molecule has 0 amide bonds.